The van der Waals surface area contributed by atoms with Gasteiger partial charge in [-0.25, -0.2) is 0 Å². The molecule has 0 aliphatic rings. The second-order valence-corrected chi connectivity index (χ2v) is 6.06. The van der Waals surface area contributed by atoms with Gasteiger partial charge < -0.3 is 19.5 Å². The number of ether oxygens (including phenoxy) is 3. The van der Waals surface area contributed by atoms with E-state index in [0.29, 0.717) is 11.5 Å². The van der Waals surface area contributed by atoms with Crippen LogP contribution in [0.5, 0.6) is 17.2 Å². The average molecular weight is 357 g/mol. The predicted molar refractivity (Wildman–Crippen MR) is 102 cm³/mol. The standard InChI is InChI=1S/C21H27NO4/c1-6-16-9-7-8-10-19(16)26-15(3)21(23)22-14(2)18-13-17(24-4)11-12-20(18)25-5/h7-15H,6H2,1-5H3,(H,22,23)/t14-,15+/m0/s1. The number of amides is 1. The van der Waals surface area contributed by atoms with E-state index in [-0.39, 0.29) is 11.9 Å². The van der Waals surface area contributed by atoms with Crippen molar-refractivity contribution in [1.82, 2.24) is 5.32 Å². The topological polar surface area (TPSA) is 56.8 Å². The molecule has 0 aliphatic heterocycles. The molecule has 0 bridgehead atoms. The highest BCUT2D eigenvalue weighted by Gasteiger charge is 2.20. The van der Waals surface area contributed by atoms with Crippen LogP contribution in [0.25, 0.3) is 0 Å². The summed E-state index contributed by atoms with van der Waals surface area (Å²) in [6.45, 7) is 5.71. The average Bonchev–Trinajstić information content (AvgIpc) is 2.67. The highest BCUT2D eigenvalue weighted by atomic mass is 16.5. The van der Waals surface area contributed by atoms with Gasteiger partial charge in [0.1, 0.15) is 17.2 Å². The van der Waals surface area contributed by atoms with E-state index in [1.54, 1.807) is 21.1 Å². The van der Waals surface area contributed by atoms with Crippen LogP contribution >= 0.6 is 0 Å². The number of aryl methyl sites for hydroxylation is 1. The molecule has 0 fully saturated rings. The van der Waals surface area contributed by atoms with Gasteiger partial charge >= 0.3 is 0 Å². The Kier molecular flexibility index (Phi) is 6.89. The number of nitrogens with one attached hydrogen (secondary N) is 1. The van der Waals surface area contributed by atoms with Crippen molar-refractivity contribution in [2.45, 2.75) is 39.3 Å². The van der Waals surface area contributed by atoms with Gasteiger partial charge in [0.05, 0.1) is 20.3 Å². The van der Waals surface area contributed by atoms with Gasteiger partial charge in [-0.1, -0.05) is 25.1 Å². The van der Waals surface area contributed by atoms with Crippen LogP contribution in [-0.2, 0) is 11.2 Å². The number of para-hydroxylation sites is 1. The Balaban J connectivity index is 2.09. The number of rotatable bonds is 8. The van der Waals surface area contributed by atoms with Gasteiger partial charge in [0.25, 0.3) is 5.91 Å². The maximum absolute atomic E-state index is 12.6. The zero-order valence-corrected chi connectivity index (χ0v) is 16.0. The number of benzene rings is 2. The second kappa shape index (κ2) is 9.13. The molecule has 5 nitrogen and oxygen atoms in total. The first kappa shape index (κ1) is 19.6. The molecule has 2 rings (SSSR count). The Bertz CT molecular complexity index is 745. The van der Waals surface area contributed by atoms with E-state index >= 15 is 0 Å². The lowest BCUT2D eigenvalue weighted by molar-refractivity contribution is -0.127. The highest BCUT2D eigenvalue weighted by Crippen LogP contribution is 2.29. The summed E-state index contributed by atoms with van der Waals surface area (Å²) in [5, 5.41) is 2.98. The molecule has 1 amide bonds. The van der Waals surface area contributed by atoms with Gasteiger partial charge in [-0.3, -0.25) is 4.79 Å². The zero-order valence-electron chi connectivity index (χ0n) is 16.0. The van der Waals surface area contributed by atoms with Crippen LogP contribution in [0.3, 0.4) is 0 Å². The van der Waals surface area contributed by atoms with Crippen molar-refractivity contribution in [2.24, 2.45) is 0 Å². The van der Waals surface area contributed by atoms with E-state index in [1.807, 2.05) is 49.4 Å². The molecule has 0 saturated carbocycles. The zero-order chi connectivity index (χ0) is 19.1. The third kappa shape index (κ3) is 4.69. The number of carbonyl (C=O) groups is 1. The molecule has 140 valence electrons. The van der Waals surface area contributed by atoms with E-state index in [2.05, 4.69) is 12.2 Å². The van der Waals surface area contributed by atoms with Gasteiger partial charge in [-0.15, -0.1) is 0 Å². The number of hydrogen-bond acceptors (Lipinski definition) is 4. The molecule has 0 saturated heterocycles. The summed E-state index contributed by atoms with van der Waals surface area (Å²) in [7, 11) is 3.21. The van der Waals surface area contributed by atoms with E-state index in [9.17, 15) is 4.79 Å². The van der Waals surface area contributed by atoms with E-state index < -0.39 is 6.10 Å². The van der Waals surface area contributed by atoms with Gasteiger partial charge in [-0.05, 0) is 50.1 Å². The van der Waals surface area contributed by atoms with Crippen molar-refractivity contribution in [2.75, 3.05) is 14.2 Å². The van der Waals surface area contributed by atoms with Crippen LogP contribution in [-0.4, -0.2) is 26.2 Å². The minimum Gasteiger partial charge on any atom is -0.497 e. The van der Waals surface area contributed by atoms with Gasteiger partial charge in [0.15, 0.2) is 6.10 Å². The first-order chi connectivity index (χ1) is 12.5. The summed E-state index contributed by atoms with van der Waals surface area (Å²) in [4.78, 5) is 12.6. The molecule has 0 radical (unpaired) electrons. The number of carbonyl (C=O) groups excluding carboxylic acids is 1. The molecule has 2 aromatic rings. The largest absolute Gasteiger partial charge is 0.497 e. The summed E-state index contributed by atoms with van der Waals surface area (Å²) in [6.07, 6.45) is 0.240. The van der Waals surface area contributed by atoms with Crippen LogP contribution in [0.4, 0.5) is 0 Å². The number of hydrogen-bond donors (Lipinski definition) is 1. The van der Waals surface area contributed by atoms with E-state index in [4.69, 9.17) is 14.2 Å². The molecule has 2 aromatic carbocycles. The number of methoxy groups -OCH3 is 2. The van der Waals surface area contributed by atoms with Crippen LogP contribution in [0, 0.1) is 0 Å². The molecular formula is C21H27NO4. The summed E-state index contributed by atoms with van der Waals surface area (Å²) in [5.41, 5.74) is 1.93. The second-order valence-electron chi connectivity index (χ2n) is 6.06. The molecule has 0 unspecified atom stereocenters. The molecule has 5 heteroatoms. The van der Waals surface area contributed by atoms with Crippen molar-refractivity contribution >= 4 is 5.91 Å². The summed E-state index contributed by atoms with van der Waals surface area (Å²) >= 11 is 0. The SMILES string of the molecule is CCc1ccccc1O[C@H](C)C(=O)N[C@@H](C)c1cc(OC)ccc1OC. The molecule has 0 spiro atoms. The quantitative estimate of drug-likeness (QED) is 0.778. The molecule has 0 aromatic heterocycles. The molecule has 0 heterocycles. The third-order valence-electron chi connectivity index (χ3n) is 4.29. The van der Waals surface area contributed by atoms with E-state index in [1.165, 1.54) is 0 Å². The van der Waals surface area contributed by atoms with Gasteiger partial charge in [-0.2, -0.15) is 0 Å². The monoisotopic (exact) mass is 357 g/mol. The van der Waals surface area contributed by atoms with Crippen molar-refractivity contribution in [3.05, 3.63) is 53.6 Å². The fourth-order valence-corrected chi connectivity index (χ4v) is 2.74. The lowest BCUT2D eigenvalue weighted by Gasteiger charge is -2.21. The van der Waals surface area contributed by atoms with Gasteiger partial charge in [0.2, 0.25) is 0 Å². The van der Waals surface area contributed by atoms with Crippen LogP contribution in [0.2, 0.25) is 0 Å². The van der Waals surface area contributed by atoms with Crippen molar-refractivity contribution < 1.29 is 19.0 Å². The first-order valence-corrected chi connectivity index (χ1v) is 8.77. The molecule has 0 aliphatic carbocycles. The Labute approximate surface area is 155 Å². The molecule has 26 heavy (non-hydrogen) atoms. The minimum absolute atomic E-state index is 0.187. The van der Waals surface area contributed by atoms with Crippen molar-refractivity contribution in [3.8, 4) is 17.2 Å². The Morgan fingerprint density at radius 2 is 1.77 bits per heavy atom. The van der Waals surface area contributed by atoms with Gasteiger partial charge in [0, 0.05) is 5.56 Å². The van der Waals surface area contributed by atoms with Crippen LogP contribution in [0.15, 0.2) is 42.5 Å². The van der Waals surface area contributed by atoms with Crippen LogP contribution < -0.4 is 19.5 Å². The highest BCUT2D eigenvalue weighted by molar-refractivity contribution is 5.81. The Hall–Kier alpha value is -2.69. The molecular weight excluding hydrogens is 330 g/mol. The molecule has 2 atom stereocenters. The first-order valence-electron chi connectivity index (χ1n) is 8.77. The maximum atomic E-state index is 12.6. The summed E-state index contributed by atoms with van der Waals surface area (Å²) in [6, 6.07) is 13.0. The molecule has 1 N–H and O–H groups in total. The Morgan fingerprint density at radius 1 is 1.04 bits per heavy atom. The lowest BCUT2D eigenvalue weighted by atomic mass is 10.1. The summed E-state index contributed by atoms with van der Waals surface area (Å²) in [5.74, 6) is 1.96. The van der Waals surface area contributed by atoms with E-state index in [0.717, 1.165) is 23.3 Å². The smallest absolute Gasteiger partial charge is 0.261 e. The predicted octanol–water partition coefficient (Wildman–Crippen LogP) is 3.91. The minimum atomic E-state index is -0.609. The lowest BCUT2D eigenvalue weighted by Crippen LogP contribution is -2.38. The maximum Gasteiger partial charge on any atom is 0.261 e. The fraction of sp³-hybridized carbons (Fsp3) is 0.381. The van der Waals surface area contributed by atoms with Crippen LogP contribution in [0.1, 0.15) is 37.9 Å². The normalized spacial score (nSPS) is 12.8. The fourth-order valence-electron chi connectivity index (χ4n) is 2.74. The Morgan fingerprint density at radius 3 is 2.42 bits per heavy atom. The van der Waals surface area contributed by atoms with Crippen molar-refractivity contribution in [3.63, 3.8) is 0 Å². The summed E-state index contributed by atoms with van der Waals surface area (Å²) < 4.78 is 16.5. The van der Waals surface area contributed by atoms with Crippen molar-refractivity contribution in [1.29, 1.82) is 0 Å². The third-order valence-corrected chi connectivity index (χ3v) is 4.29.